The summed E-state index contributed by atoms with van der Waals surface area (Å²) in [7, 11) is 0. The van der Waals surface area contributed by atoms with Gasteiger partial charge in [-0.2, -0.15) is 0 Å². The van der Waals surface area contributed by atoms with Crippen LogP contribution < -0.4 is 0 Å². The summed E-state index contributed by atoms with van der Waals surface area (Å²) in [6.45, 7) is 4.39. The first-order valence-corrected chi connectivity index (χ1v) is 7.98. The van der Waals surface area contributed by atoms with Crippen LogP contribution in [-0.2, 0) is 12.8 Å². The molecule has 0 heterocycles. The van der Waals surface area contributed by atoms with E-state index >= 15 is 0 Å². The number of hydrogen-bond acceptors (Lipinski definition) is 1. The van der Waals surface area contributed by atoms with E-state index in [9.17, 15) is 5.11 Å². The number of aliphatic hydroxyl groups excluding tert-OH is 1. The SMILES string of the molecule is CCc1ccc(CCC2CCC(CC)C(O)C2)cc1. The van der Waals surface area contributed by atoms with Crippen molar-refractivity contribution >= 4 is 0 Å². The molecular formula is C18H28O. The van der Waals surface area contributed by atoms with Gasteiger partial charge in [0, 0.05) is 0 Å². The second-order valence-corrected chi connectivity index (χ2v) is 6.12. The minimum Gasteiger partial charge on any atom is -0.393 e. The molecule has 0 aromatic heterocycles. The van der Waals surface area contributed by atoms with Gasteiger partial charge in [-0.3, -0.25) is 0 Å². The van der Waals surface area contributed by atoms with Crippen LogP contribution in [0.3, 0.4) is 0 Å². The van der Waals surface area contributed by atoms with Crippen LogP contribution in [-0.4, -0.2) is 11.2 Å². The number of aliphatic hydroxyl groups is 1. The van der Waals surface area contributed by atoms with Crippen LogP contribution in [0.1, 0.15) is 57.1 Å². The number of aryl methyl sites for hydroxylation is 2. The number of rotatable bonds is 5. The summed E-state index contributed by atoms with van der Waals surface area (Å²) in [5, 5.41) is 10.1. The molecule has 106 valence electrons. The van der Waals surface area contributed by atoms with Crippen molar-refractivity contribution in [3.8, 4) is 0 Å². The molecule has 0 spiro atoms. The van der Waals surface area contributed by atoms with Crippen molar-refractivity contribution in [2.24, 2.45) is 11.8 Å². The highest BCUT2D eigenvalue weighted by atomic mass is 16.3. The second-order valence-electron chi connectivity index (χ2n) is 6.12. The Morgan fingerprint density at radius 3 is 2.32 bits per heavy atom. The molecule has 1 nitrogen and oxygen atoms in total. The Kier molecular flexibility index (Phi) is 5.45. The molecule has 1 saturated carbocycles. The van der Waals surface area contributed by atoms with E-state index < -0.39 is 0 Å². The van der Waals surface area contributed by atoms with E-state index in [1.807, 2.05) is 0 Å². The molecule has 1 aliphatic rings. The summed E-state index contributed by atoms with van der Waals surface area (Å²) in [6, 6.07) is 9.04. The Hall–Kier alpha value is -0.820. The molecule has 1 heteroatoms. The molecule has 1 aliphatic carbocycles. The zero-order valence-electron chi connectivity index (χ0n) is 12.4. The summed E-state index contributed by atoms with van der Waals surface area (Å²) in [4.78, 5) is 0. The van der Waals surface area contributed by atoms with Crippen molar-refractivity contribution in [1.82, 2.24) is 0 Å². The van der Waals surface area contributed by atoms with Crippen LogP contribution in [0.25, 0.3) is 0 Å². The van der Waals surface area contributed by atoms with Crippen LogP contribution in [0.4, 0.5) is 0 Å². The van der Waals surface area contributed by atoms with Gasteiger partial charge >= 0.3 is 0 Å². The van der Waals surface area contributed by atoms with E-state index in [2.05, 4.69) is 38.1 Å². The first-order valence-electron chi connectivity index (χ1n) is 7.98. The maximum atomic E-state index is 10.1. The summed E-state index contributed by atoms with van der Waals surface area (Å²) in [6.07, 6.45) is 8.15. The topological polar surface area (TPSA) is 20.2 Å². The standard InChI is InChI=1S/C18H28O/c1-3-14-5-7-15(8-6-14)9-10-16-11-12-17(4-2)18(19)13-16/h5-8,16-19H,3-4,9-13H2,1-2H3. The molecule has 1 fully saturated rings. The Morgan fingerprint density at radius 2 is 1.74 bits per heavy atom. The van der Waals surface area contributed by atoms with Gasteiger partial charge in [0.15, 0.2) is 0 Å². The lowest BCUT2D eigenvalue weighted by molar-refractivity contribution is 0.0410. The minimum atomic E-state index is -0.0498. The first-order chi connectivity index (χ1) is 9.22. The maximum absolute atomic E-state index is 10.1. The highest BCUT2D eigenvalue weighted by molar-refractivity contribution is 5.22. The van der Waals surface area contributed by atoms with Gasteiger partial charge in [-0.05, 0) is 61.5 Å². The Morgan fingerprint density at radius 1 is 1.05 bits per heavy atom. The molecule has 0 bridgehead atoms. The summed E-state index contributed by atoms with van der Waals surface area (Å²) in [5.74, 6) is 1.28. The molecule has 1 aromatic carbocycles. The van der Waals surface area contributed by atoms with E-state index in [0.717, 1.165) is 31.6 Å². The molecular weight excluding hydrogens is 232 g/mol. The van der Waals surface area contributed by atoms with Crippen LogP contribution in [0.15, 0.2) is 24.3 Å². The van der Waals surface area contributed by atoms with Crippen LogP contribution >= 0.6 is 0 Å². The number of hydrogen-bond donors (Lipinski definition) is 1. The zero-order chi connectivity index (χ0) is 13.7. The second kappa shape index (κ2) is 7.09. The third kappa shape index (κ3) is 4.07. The van der Waals surface area contributed by atoms with E-state index in [1.165, 1.54) is 30.4 Å². The fourth-order valence-electron chi connectivity index (χ4n) is 3.34. The van der Waals surface area contributed by atoms with E-state index in [-0.39, 0.29) is 6.10 Å². The molecule has 0 aliphatic heterocycles. The molecule has 3 unspecified atom stereocenters. The fraction of sp³-hybridized carbons (Fsp3) is 0.667. The zero-order valence-corrected chi connectivity index (χ0v) is 12.4. The first kappa shape index (κ1) is 14.6. The van der Waals surface area contributed by atoms with Crippen molar-refractivity contribution in [2.45, 2.75) is 64.9 Å². The minimum absolute atomic E-state index is 0.0498. The normalized spacial score (nSPS) is 27.4. The fourth-order valence-corrected chi connectivity index (χ4v) is 3.34. The van der Waals surface area contributed by atoms with Crippen molar-refractivity contribution < 1.29 is 5.11 Å². The quantitative estimate of drug-likeness (QED) is 0.833. The Balaban J connectivity index is 1.79. The van der Waals surface area contributed by atoms with Crippen molar-refractivity contribution in [2.75, 3.05) is 0 Å². The number of benzene rings is 1. The lowest BCUT2D eigenvalue weighted by Gasteiger charge is -2.32. The molecule has 0 amide bonds. The van der Waals surface area contributed by atoms with Gasteiger partial charge in [0.05, 0.1) is 6.10 Å². The van der Waals surface area contributed by atoms with Crippen LogP contribution in [0, 0.1) is 11.8 Å². The monoisotopic (exact) mass is 260 g/mol. The van der Waals surface area contributed by atoms with Crippen molar-refractivity contribution in [1.29, 1.82) is 0 Å². The maximum Gasteiger partial charge on any atom is 0.0570 e. The van der Waals surface area contributed by atoms with Gasteiger partial charge in [-0.1, -0.05) is 44.5 Å². The van der Waals surface area contributed by atoms with Gasteiger partial charge in [0.25, 0.3) is 0 Å². The van der Waals surface area contributed by atoms with Crippen molar-refractivity contribution in [3.05, 3.63) is 35.4 Å². The van der Waals surface area contributed by atoms with Gasteiger partial charge in [-0.15, -0.1) is 0 Å². The summed E-state index contributed by atoms with van der Waals surface area (Å²) >= 11 is 0. The molecule has 19 heavy (non-hydrogen) atoms. The molecule has 2 rings (SSSR count). The average Bonchev–Trinajstić information content (AvgIpc) is 2.46. The van der Waals surface area contributed by atoms with Gasteiger partial charge in [0.1, 0.15) is 0 Å². The third-order valence-corrected chi connectivity index (χ3v) is 4.86. The molecule has 0 radical (unpaired) electrons. The predicted molar refractivity (Wildman–Crippen MR) is 81.3 cm³/mol. The Labute approximate surface area is 118 Å². The van der Waals surface area contributed by atoms with Crippen LogP contribution in [0.5, 0.6) is 0 Å². The highest BCUT2D eigenvalue weighted by Gasteiger charge is 2.27. The van der Waals surface area contributed by atoms with E-state index in [4.69, 9.17) is 0 Å². The highest BCUT2D eigenvalue weighted by Crippen LogP contribution is 2.33. The third-order valence-electron chi connectivity index (χ3n) is 4.86. The lowest BCUT2D eigenvalue weighted by Crippen LogP contribution is -2.29. The van der Waals surface area contributed by atoms with Crippen molar-refractivity contribution in [3.63, 3.8) is 0 Å². The van der Waals surface area contributed by atoms with Gasteiger partial charge in [-0.25, -0.2) is 0 Å². The van der Waals surface area contributed by atoms with E-state index in [0.29, 0.717) is 5.92 Å². The summed E-state index contributed by atoms with van der Waals surface area (Å²) < 4.78 is 0. The smallest absolute Gasteiger partial charge is 0.0570 e. The largest absolute Gasteiger partial charge is 0.393 e. The lowest BCUT2D eigenvalue weighted by atomic mass is 9.77. The average molecular weight is 260 g/mol. The Bertz CT molecular complexity index is 368. The van der Waals surface area contributed by atoms with Crippen LogP contribution in [0.2, 0.25) is 0 Å². The van der Waals surface area contributed by atoms with Gasteiger partial charge in [0.2, 0.25) is 0 Å². The summed E-state index contributed by atoms with van der Waals surface area (Å²) in [5.41, 5.74) is 2.87. The molecule has 1 aromatic rings. The van der Waals surface area contributed by atoms with Gasteiger partial charge < -0.3 is 5.11 Å². The molecule has 0 saturated heterocycles. The molecule has 1 N–H and O–H groups in total. The molecule has 3 atom stereocenters. The predicted octanol–water partition coefficient (Wildman–Crippen LogP) is 4.37. The van der Waals surface area contributed by atoms with E-state index in [1.54, 1.807) is 0 Å².